The van der Waals surface area contributed by atoms with Crippen LogP contribution >= 0.6 is 11.6 Å². The van der Waals surface area contributed by atoms with Crippen LogP contribution in [0.1, 0.15) is 30.6 Å². The number of benzene rings is 1. The predicted molar refractivity (Wildman–Crippen MR) is 74.3 cm³/mol. The van der Waals surface area contributed by atoms with Crippen molar-refractivity contribution in [3.05, 3.63) is 23.3 Å². The second-order valence-electron chi connectivity index (χ2n) is 5.33. The lowest BCUT2D eigenvalue weighted by Gasteiger charge is -2.20. The number of ether oxygens (including phenoxy) is 3. The maximum absolute atomic E-state index is 6.04. The highest BCUT2D eigenvalue weighted by Crippen LogP contribution is 2.43. The first-order chi connectivity index (χ1) is 9.22. The molecule has 4 heteroatoms. The molecule has 2 aliphatic heterocycles. The van der Waals surface area contributed by atoms with Gasteiger partial charge in [-0.05, 0) is 25.5 Å². The van der Waals surface area contributed by atoms with Crippen LogP contribution in [-0.4, -0.2) is 25.7 Å². The Balaban J connectivity index is 1.99. The van der Waals surface area contributed by atoms with Crippen LogP contribution in [0.3, 0.4) is 0 Å². The van der Waals surface area contributed by atoms with Crippen LogP contribution < -0.4 is 9.47 Å². The first-order valence-corrected chi connectivity index (χ1v) is 7.31. The summed E-state index contributed by atoms with van der Waals surface area (Å²) in [5.41, 5.74) is 2.28. The zero-order valence-corrected chi connectivity index (χ0v) is 12.1. The largest absolute Gasteiger partial charge is 0.496 e. The lowest BCUT2D eigenvalue weighted by Crippen LogP contribution is -2.10. The molecule has 1 aromatic carbocycles. The maximum Gasteiger partial charge on any atom is 0.125 e. The third-order valence-corrected chi connectivity index (χ3v) is 4.36. The highest BCUT2D eigenvalue weighted by Gasteiger charge is 2.33. The van der Waals surface area contributed by atoms with E-state index in [0.717, 1.165) is 36.5 Å². The fourth-order valence-electron chi connectivity index (χ4n) is 2.99. The lowest BCUT2D eigenvalue weighted by molar-refractivity contribution is 0.0925. The van der Waals surface area contributed by atoms with Gasteiger partial charge >= 0.3 is 0 Å². The molecule has 1 saturated heterocycles. The van der Waals surface area contributed by atoms with E-state index in [1.54, 1.807) is 7.11 Å². The van der Waals surface area contributed by atoms with Crippen molar-refractivity contribution in [3.8, 4) is 11.5 Å². The van der Waals surface area contributed by atoms with Gasteiger partial charge in [0, 0.05) is 36.0 Å². The molecule has 104 valence electrons. The van der Waals surface area contributed by atoms with E-state index in [4.69, 9.17) is 25.8 Å². The summed E-state index contributed by atoms with van der Waals surface area (Å²) in [6.07, 6.45) is 2.21. The zero-order chi connectivity index (χ0) is 13.4. The van der Waals surface area contributed by atoms with E-state index in [-0.39, 0.29) is 12.2 Å². The number of methoxy groups -OCH3 is 1. The smallest absolute Gasteiger partial charge is 0.125 e. The van der Waals surface area contributed by atoms with E-state index >= 15 is 0 Å². The summed E-state index contributed by atoms with van der Waals surface area (Å²) in [6, 6.07) is 4.16. The Labute approximate surface area is 118 Å². The van der Waals surface area contributed by atoms with Gasteiger partial charge in [-0.1, -0.05) is 0 Å². The quantitative estimate of drug-likeness (QED) is 0.796. The Morgan fingerprint density at radius 1 is 1.42 bits per heavy atom. The molecule has 1 aromatic rings. The molecular formula is C15H19ClO3. The summed E-state index contributed by atoms with van der Waals surface area (Å²) in [7, 11) is 1.70. The number of fused-ring (bicyclic) bond motifs is 1. The minimum Gasteiger partial charge on any atom is -0.496 e. The predicted octanol–water partition coefficient (Wildman–Crippen LogP) is 3.34. The molecule has 0 amide bonds. The Kier molecular flexibility index (Phi) is 3.59. The molecule has 1 fully saturated rings. The zero-order valence-electron chi connectivity index (χ0n) is 11.3. The van der Waals surface area contributed by atoms with Gasteiger partial charge in [-0.25, -0.2) is 0 Å². The maximum atomic E-state index is 6.04. The first-order valence-electron chi connectivity index (χ1n) is 6.78. The summed E-state index contributed by atoms with van der Waals surface area (Å²) in [5.74, 6) is 2.82. The third kappa shape index (κ3) is 2.30. The Morgan fingerprint density at radius 3 is 3.00 bits per heavy atom. The Bertz CT molecular complexity index is 475. The van der Waals surface area contributed by atoms with Crippen molar-refractivity contribution in [1.29, 1.82) is 0 Å². The van der Waals surface area contributed by atoms with Gasteiger partial charge in [0.15, 0.2) is 0 Å². The van der Waals surface area contributed by atoms with Crippen LogP contribution in [-0.2, 0) is 11.2 Å². The molecule has 3 rings (SSSR count). The summed E-state index contributed by atoms with van der Waals surface area (Å²) in [6.45, 7) is 2.85. The van der Waals surface area contributed by atoms with Gasteiger partial charge in [-0.2, -0.15) is 0 Å². The molecule has 0 aromatic heterocycles. The van der Waals surface area contributed by atoms with E-state index in [1.165, 1.54) is 5.56 Å². The number of halogens is 1. The Morgan fingerprint density at radius 2 is 2.26 bits per heavy atom. The second kappa shape index (κ2) is 5.22. The molecule has 19 heavy (non-hydrogen) atoms. The molecule has 0 N–H and O–H groups in total. The summed E-state index contributed by atoms with van der Waals surface area (Å²) >= 11 is 6.04. The molecule has 2 aliphatic rings. The number of hydrogen-bond acceptors (Lipinski definition) is 3. The van der Waals surface area contributed by atoms with E-state index in [9.17, 15) is 0 Å². The van der Waals surface area contributed by atoms with E-state index in [1.807, 2.05) is 0 Å². The first kappa shape index (κ1) is 13.1. The van der Waals surface area contributed by atoms with Crippen molar-refractivity contribution in [2.24, 2.45) is 5.92 Å². The lowest BCUT2D eigenvalue weighted by atomic mass is 9.94. The van der Waals surface area contributed by atoms with Gasteiger partial charge < -0.3 is 14.2 Å². The normalized spacial score (nSPS) is 29.1. The summed E-state index contributed by atoms with van der Waals surface area (Å²) in [5, 5.41) is 0. The van der Waals surface area contributed by atoms with Crippen molar-refractivity contribution in [3.63, 3.8) is 0 Å². The molecule has 3 nitrogen and oxygen atoms in total. The van der Waals surface area contributed by atoms with Gasteiger partial charge in [0.1, 0.15) is 17.6 Å². The minimum absolute atomic E-state index is 0.0252. The molecule has 0 saturated carbocycles. The van der Waals surface area contributed by atoms with Crippen molar-refractivity contribution < 1.29 is 14.2 Å². The van der Waals surface area contributed by atoms with E-state index in [2.05, 4.69) is 19.1 Å². The molecule has 0 spiro atoms. The van der Waals surface area contributed by atoms with Crippen LogP contribution in [0.25, 0.3) is 0 Å². The van der Waals surface area contributed by atoms with Gasteiger partial charge in [0.25, 0.3) is 0 Å². The molecule has 0 bridgehead atoms. The molecule has 3 atom stereocenters. The van der Waals surface area contributed by atoms with Gasteiger partial charge in [0.2, 0.25) is 0 Å². The Hall–Kier alpha value is -0.930. The molecule has 3 unspecified atom stereocenters. The highest BCUT2D eigenvalue weighted by atomic mass is 35.5. The minimum atomic E-state index is 0.0252. The third-order valence-electron chi connectivity index (χ3n) is 3.97. The number of hydrogen-bond donors (Lipinski definition) is 0. The van der Waals surface area contributed by atoms with Crippen LogP contribution in [0.2, 0.25) is 0 Å². The highest BCUT2D eigenvalue weighted by molar-refractivity contribution is 6.18. The van der Waals surface area contributed by atoms with Crippen LogP contribution in [0.15, 0.2) is 12.1 Å². The standard InChI is InChI=1S/C15H19ClO3/c1-9-5-11-6-14(17-2)12(7-13(11)19-9)15-10(8-16)3-4-18-15/h6-7,9-10,15H,3-5,8H2,1-2H3. The van der Waals surface area contributed by atoms with Crippen molar-refractivity contribution >= 4 is 11.6 Å². The molecule has 0 radical (unpaired) electrons. The molecular weight excluding hydrogens is 264 g/mol. The van der Waals surface area contributed by atoms with Crippen molar-refractivity contribution in [1.82, 2.24) is 0 Å². The van der Waals surface area contributed by atoms with Crippen molar-refractivity contribution in [2.45, 2.75) is 32.0 Å². The summed E-state index contributed by atoms with van der Waals surface area (Å²) in [4.78, 5) is 0. The van der Waals surface area contributed by atoms with Crippen LogP contribution in [0, 0.1) is 5.92 Å². The topological polar surface area (TPSA) is 27.7 Å². The number of alkyl halides is 1. The van der Waals surface area contributed by atoms with E-state index in [0.29, 0.717) is 11.8 Å². The van der Waals surface area contributed by atoms with Crippen molar-refractivity contribution in [2.75, 3.05) is 19.6 Å². The average Bonchev–Trinajstić information content (AvgIpc) is 3.00. The van der Waals surface area contributed by atoms with Crippen LogP contribution in [0.5, 0.6) is 11.5 Å². The average molecular weight is 283 g/mol. The van der Waals surface area contributed by atoms with Gasteiger partial charge in [-0.3, -0.25) is 0 Å². The second-order valence-corrected chi connectivity index (χ2v) is 5.64. The monoisotopic (exact) mass is 282 g/mol. The van der Waals surface area contributed by atoms with Gasteiger partial charge in [0.05, 0.1) is 13.2 Å². The fraction of sp³-hybridized carbons (Fsp3) is 0.600. The number of rotatable bonds is 3. The van der Waals surface area contributed by atoms with E-state index < -0.39 is 0 Å². The van der Waals surface area contributed by atoms with Crippen LogP contribution in [0.4, 0.5) is 0 Å². The molecule has 0 aliphatic carbocycles. The van der Waals surface area contributed by atoms with Gasteiger partial charge in [-0.15, -0.1) is 11.6 Å². The molecule has 2 heterocycles. The SMILES string of the molecule is COc1cc2c(cc1C1OCCC1CCl)OC(C)C2. The fourth-order valence-corrected chi connectivity index (χ4v) is 3.31. The summed E-state index contributed by atoms with van der Waals surface area (Å²) < 4.78 is 17.2.